The largest absolute Gasteiger partial charge is 0.491 e. The normalized spacial score (nSPS) is 16.3. The average Bonchev–Trinajstić information content (AvgIpc) is 3.00. The van der Waals surface area contributed by atoms with Crippen LogP contribution in [-0.4, -0.2) is 53.9 Å². The van der Waals surface area contributed by atoms with Crippen molar-refractivity contribution in [1.29, 1.82) is 0 Å². The van der Waals surface area contributed by atoms with E-state index >= 15 is 0 Å². The summed E-state index contributed by atoms with van der Waals surface area (Å²) in [6, 6.07) is 11.6. The molecule has 0 aliphatic carbocycles. The fourth-order valence-corrected chi connectivity index (χ4v) is 3.86. The standard InChI is InChI=1S/C23H32ClN3O2/c24-20-8-9-23(29-18-22(28)17-27-13-5-1-2-6-14-27)19(15-20)16-25-12-10-21-7-3-4-11-26-21/h3-4,7-9,11,15,22,25,28H,1-2,5-6,10,12-14,16-18H2. The SMILES string of the molecule is OC(COc1ccc(Cl)cc1CNCCc1ccccn1)CN1CCCCCC1. The molecule has 6 heteroatoms. The van der Waals surface area contributed by atoms with E-state index in [1.54, 1.807) is 0 Å². The van der Waals surface area contributed by atoms with E-state index in [9.17, 15) is 5.11 Å². The maximum Gasteiger partial charge on any atom is 0.124 e. The molecule has 2 N–H and O–H groups in total. The molecule has 29 heavy (non-hydrogen) atoms. The minimum Gasteiger partial charge on any atom is -0.491 e. The van der Waals surface area contributed by atoms with E-state index in [4.69, 9.17) is 16.3 Å². The number of hydrogen-bond acceptors (Lipinski definition) is 5. The van der Waals surface area contributed by atoms with Crippen molar-refractivity contribution >= 4 is 11.6 Å². The first-order chi connectivity index (χ1) is 14.2. The Morgan fingerprint density at radius 1 is 1.14 bits per heavy atom. The summed E-state index contributed by atoms with van der Waals surface area (Å²) in [4.78, 5) is 6.69. The second-order valence-corrected chi connectivity index (χ2v) is 8.12. The number of likely N-dealkylation sites (tertiary alicyclic amines) is 1. The summed E-state index contributed by atoms with van der Waals surface area (Å²) in [5.41, 5.74) is 2.07. The number of benzene rings is 1. The highest BCUT2D eigenvalue weighted by Gasteiger charge is 2.15. The van der Waals surface area contributed by atoms with Crippen molar-refractivity contribution in [2.45, 2.75) is 44.8 Å². The minimum atomic E-state index is -0.492. The fraction of sp³-hybridized carbons (Fsp3) is 0.522. The molecule has 158 valence electrons. The number of ether oxygens (including phenoxy) is 1. The third-order valence-electron chi connectivity index (χ3n) is 5.22. The number of aliphatic hydroxyl groups excluding tert-OH is 1. The van der Waals surface area contributed by atoms with Crippen LogP contribution in [0.15, 0.2) is 42.6 Å². The molecule has 0 saturated carbocycles. The zero-order valence-corrected chi connectivity index (χ0v) is 17.8. The lowest BCUT2D eigenvalue weighted by atomic mass is 10.2. The average molecular weight is 418 g/mol. The molecule has 1 atom stereocenters. The molecular formula is C23H32ClN3O2. The number of halogens is 1. The van der Waals surface area contributed by atoms with Crippen LogP contribution in [0.25, 0.3) is 0 Å². The van der Waals surface area contributed by atoms with Crippen molar-refractivity contribution in [3.63, 3.8) is 0 Å². The summed E-state index contributed by atoms with van der Waals surface area (Å²) in [5.74, 6) is 0.773. The highest BCUT2D eigenvalue weighted by Crippen LogP contribution is 2.23. The molecular weight excluding hydrogens is 386 g/mol. The van der Waals surface area contributed by atoms with Gasteiger partial charge in [-0.3, -0.25) is 4.98 Å². The second kappa shape index (κ2) is 12.1. The van der Waals surface area contributed by atoms with Gasteiger partial charge in [0.05, 0.1) is 0 Å². The second-order valence-electron chi connectivity index (χ2n) is 7.68. The van der Waals surface area contributed by atoms with Gasteiger partial charge in [0.2, 0.25) is 0 Å². The van der Waals surface area contributed by atoms with Crippen molar-refractivity contribution in [3.05, 3.63) is 58.9 Å². The molecule has 1 fully saturated rings. The van der Waals surface area contributed by atoms with E-state index in [1.807, 2.05) is 42.6 Å². The number of aliphatic hydroxyl groups is 1. The van der Waals surface area contributed by atoms with Crippen molar-refractivity contribution in [3.8, 4) is 5.75 Å². The van der Waals surface area contributed by atoms with Gasteiger partial charge in [0, 0.05) is 48.5 Å². The monoisotopic (exact) mass is 417 g/mol. The Hall–Kier alpha value is -1.66. The fourth-order valence-electron chi connectivity index (χ4n) is 3.67. The van der Waals surface area contributed by atoms with E-state index in [0.717, 1.165) is 43.1 Å². The third-order valence-corrected chi connectivity index (χ3v) is 5.46. The number of nitrogens with one attached hydrogen (secondary N) is 1. The van der Waals surface area contributed by atoms with Gasteiger partial charge in [-0.2, -0.15) is 0 Å². The summed E-state index contributed by atoms with van der Waals surface area (Å²) in [5, 5.41) is 14.5. The molecule has 1 aromatic carbocycles. The predicted octanol–water partition coefficient (Wildman–Crippen LogP) is 3.68. The molecule has 2 aromatic rings. The van der Waals surface area contributed by atoms with Gasteiger partial charge in [0.1, 0.15) is 18.5 Å². The maximum atomic E-state index is 10.4. The number of β-amino-alcohol motifs (C(OH)–C–C–N with tert-alkyl or cyclic N) is 1. The van der Waals surface area contributed by atoms with Gasteiger partial charge >= 0.3 is 0 Å². The van der Waals surface area contributed by atoms with Crippen LogP contribution < -0.4 is 10.1 Å². The molecule has 1 aliphatic heterocycles. The highest BCUT2D eigenvalue weighted by molar-refractivity contribution is 6.30. The van der Waals surface area contributed by atoms with Gasteiger partial charge in [0.25, 0.3) is 0 Å². The molecule has 1 aliphatic rings. The van der Waals surface area contributed by atoms with Crippen LogP contribution in [-0.2, 0) is 13.0 Å². The van der Waals surface area contributed by atoms with E-state index in [1.165, 1.54) is 25.7 Å². The highest BCUT2D eigenvalue weighted by atomic mass is 35.5. The molecule has 0 spiro atoms. The van der Waals surface area contributed by atoms with Crippen molar-refractivity contribution in [2.24, 2.45) is 0 Å². The lowest BCUT2D eigenvalue weighted by Crippen LogP contribution is -2.36. The molecule has 1 saturated heterocycles. The van der Waals surface area contributed by atoms with Crippen LogP contribution in [0, 0.1) is 0 Å². The topological polar surface area (TPSA) is 57.6 Å². The first-order valence-electron chi connectivity index (χ1n) is 10.6. The van der Waals surface area contributed by atoms with Gasteiger partial charge in [-0.25, -0.2) is 0 Å². The molecule has 0 radical (unpaired) electrons. The number of hydrogen-bond donors (Lipinski definition) is 2. The van der Waals surface area contributed by atoms with E-state index in [2.05, 4.69) is 15.2 Å². The number of pyridine rings is 1. The lowest BCUT2D eigenvalue weighted by Gasteiger charge is -2.23. The number of nitrogens with zero attached hydrogens (tertiary/aromatic N) is 2. The Bertz CT molecular complexity index is 721. The molecule has 5 nitrogen and oxygen atoms in total. The molecule has 0 bridgehead atoms. The zero-order chi connectivity index (χ0) is 20.3. The van der Waals surface area contributed by atoms with Crippen LogP contribution >= 0.6 is 11.6 Å². The molecule has 1 unspecified atom stereocenters. The summed E-state index contributed by atoms with van der Waals surface area (Å²) < 4.78 is 5.95. The van der Waals surface area contributed by atoms with E-state index in [0.29, 0.717) is 24.7 Å². The summed E-state index contributed by atoms with van der Waals surface area (Å²) in [7, 11) is 0. The van der Waals surface area contributed by atoms with Gasteiger partial charge in [-0.15, -0.1) is 0 Å². The lowest BCUT2D eigenvalue weighted by molar-refractivity contribution is 0.0690. The van der Waals surface area contributed by atoms with Crippen LogP contribution in [0.5, 0.6) is 5.75 Å². The maximum absolute atomic E-state index is 10.4. The summed E-state index contributed by atoms with van der Waals surface area (Å²) >= 11 is 6.18. The van der Waals surface area contributed by atoms with E-state index < -0.39 is 6.10 Å². The molecule has 2 heterocycles. The van der Waals surface area contributed by atoms with Crippen LogP contribution in [0.1, 0.15) is 36.9 Å². The van der Waals surface area contributed by atoms with Crippen LogP contribution in [0.2, 0.25) is 5.02 Å². The first-order valence-corrected chi connectivity index (χ1v) is 11.0. The van der Waals surface area contributed by atoms with Gasteiger partial charge in [0.15, 0.2) is 0 Å². The Morgan fingerprint density at radius 3 is 2.72 bits per heavy atom. The Kier molecular flexibility index (Phi) is 9.22. The Balaban J connectivity index is 1.46. The predicted molar refractivity (Wildman–Crippen MR) is 118 cm³/mol. The third kappa shape index (κ3) is 7.94. The Labute approximate surface area is 179 Å². The van der Waals surface area contributed by atoms with Crippen LogP contribution in [0.4, 0.5) is 0 Å². The van der Waals surface area contributed by atoms with Crippen molar-refractivity contribution in [1.82, 2.24) is 15.2 Å². The zero-order valence-electron chi connectivity index (χ0n) is 17.0. The van der Waals surface area contributed by atoms with Crippen molar-refractivity contribution in [2.75, 3.05) is 32.8 Å². The summed E-state index contributed by atoms with van der Waals surface area (Å²) in [6.07, 6.45) is 7.22. The molecule has 3 rings (SSSR count). The van der Waals surface area contributed by atoms with Crippen LogP contribution in [0.3, 0.4) is 0 Å². The first kappa shape index (κ1) is 22.0. The van der Waals surface area contributed by atoms with Gasteiger partial charge in [-0.1, -0.05) is 30.5 Å². The number of aromatic nitrogens is 1. The van der Waals surface area contributed by atoms with Gasteiger partial charge < -0.3 is 20.1 Å². The Morgan fingerprint density at radius 2 is 1.97 bits per heavy atom. The summed E-state index contributed by atoms with van der Waals surface area (Å²) in [6.45, 7) is 4.59. The minimum absolute atomic E-state index is 0.291. The van der Waals surface area contributed by atoms with E-state index in [-0.39, 0.29) is 0 Å². The number of rotatable bonds is 10. The molecule has 0 amide bonds. The molecule has 1 aromatic heterocycles. The van der Waals surface area contributed by atoms with Crippen molar-refractivity contribution < 1.29 is 9.84 Å². The smallest absolute Gasteiger partial charge is 0.124 e. The quantitative estimate of drug-likeness (QED) is 0.577. The van der Waals surface area contributed by atoms with Gasteiger partial charge in [-0.05, 0) is 56.3 Å².